The first-order valence-electron chi connectivity index (χ1n) is 12.7. The molecule has 0 bridgehead atoms. The number of aromatic nitrogens is 2. The van der Waals surface area contributed by atoms with Crippen molar-refractivity contribution < 1.29 is 27.4 Å². The molecule has 0 aliphatic rings. The lowest BCUT2D eigenvalue weighted by Gasteiger charge is -2.23. The minimum absolute atomic E-state index is 0.0498. The number of rotatable bonds is 10. The van der Waals surface area contributed by atoms with Gasteiger partial charge in [0.2, 0.25) is 5.91 Å². The Labute approximate surface area is 243 Å². The van der Waals surface area contributed by atoms with Crippen molar-refractivity contribution in [3.8, 4) is 11.5 Å². The summed E-state index contributed by atoms with van der Waals surface area (Å²) in [6.07, 6.45) is -0.0498. The monoisotopic (exact) mass is 587 g/mol. The number of ether oxygens (including phenoxy) is 2. The van der Waals surface area contributed by atoms with Crippen LogP contribution in [0.1, 0.15) is 5.56 Å². The quantitative estimate of drug-likeness (QED) is 0.170. The van der Waals surface area contributed by atoms with E-state index in [1.54, 1.807) is 60.7 Å². The number of hydrogen-bond donors (Lipinski definition) is 3. The van der Waals surface area contributed by atoms with E-state index in [-0.39, 0.29) is 29.7 Å². The number of carbonyl (C=O) groups excluding carboxylic acids is 1. The Morgan fingerprint density at radius 3 is 2.24 bits per heavy atom. The number of carbonyl (C=O) groups is 1. The molecule has 214 valence electrons. The lowest BCUT2D eigenvalue weighted by Crippen LogP contribution is -2.22. The molecule has 5 rings (SSSR count). The standard InChI is InChI=1S/C30H26FN5O5S/c1-40-24-16-22(17-25(18-24)41-2)33-29-30(35-27-12-4-3-11-26(27)34-29)36(42(38)39)23-10-6-9-21(15-23)32-28(37)14-19-7-5-8-20(31)13-19/h3-13,15-18H,14H2,1-2H3,(H,32,37)(H,33,34)(H,38,39). The summed E-state index contributed by atoms with van der Waals surface area (Å²) in [6, 6.07) is 24.4. The van der Waals surface area contributed by atoms with Gasteiger partial charge in [-0.3, -0.25) is 9.35 Å². The Kier molecular flexibility index (Phi) is 8.55. The van der Waals surface area contributed by atoms with Crippen LogP contribution < -0.4 is 24.4 Å². The number of methoxy groups -OCH3 is 2. The lowest BCUT2D eigenvalue weighted by molar-refractivity contribution is -0.115. The van der Waals surface area contributed by atoms with Crippen LogP contribution in [0.3, 0.4) is 0 Å². The van der Waals surface area contributed by atoms with Crippen LogP contribution >= 0.6 is 0 Å². The molecule has 1 atom stereocenters. The smallest absolute Gasteiger partial charge is 0.268 e. The molecule has 42 heavy (non-hydrogen) atoms. The number of anilines is 5. The van der Waals surface area contributed by atoms with Gasteiger partial charge in [0.1, 0.15) is 17.3 Å². The average Bonchev–Trinajstić information content (AvgIpc) is 2.97. The fraction of sp³-hybridized carbons (Fsp3) is 0.100. The predicted octanol–water partition coefficient (Wildman–Crippen LogP) is 5.99. The second kappa shape index (κ2) is 12.6. The molecule has 1 amide bonds. The van der Waals surface area contributed by atoms with E-state index in [2.05, 4.69) is 15.6 Å². The van der Waals surface area contributed by atoms with Gasteiger partial charge >= 0.3 is 0 Å². The van der Waals surface area contributed by atoms with Crippen LogP contribution in [0, 0.1) is 5.82 Å². The van der Waals surface area contributed by atoms with Gasteiger partial charge in [-0.25, -0.2) is 22.9 Å². The molecule has 1 aromatic heterocycles. The number of halogens is 1. The zero-order valence-electron chi connectivity index (χ0n) is 22.6. The van der Waals surface area contributed by atoms with Crippen molar-refractivity contribution in [2.45, 2.75) is 6.42 Å². The molecule has 0 spiro atoms. The Hall–Kier alpha value is -5.07. The summed E-state index contributed by atoms with van der Waals surface area (Å²) in [5.41, 5.74) is 2.73. The summed E-state index contributed by atoms with van der Waals surface area (Å²) in [5.74, 6) is 0.477. The van der Waals surface area contributed by atoms with E-state index >= 15 is 0 Å². The van der Waals surface area contributed by atoms with Crippen LogP contribution in [0.4, 0.5) is 33.1 Å². The van der Waals surface area contributed by atoms with Gasteiger partial charge in [-0.05, 0) is 48.0 Å². The van der Waals surface area contributed by atoms with Crippen molar-refractivity contribution in [2.75, 3.05) is 29.2 Å². The number of hydrogen-bond acceptors (Lipinski definition) is 7. The molecule has 0 saturated heterocycles. The van der Waals surface area contributed by atoms with E-state index in [0.717, 1.165) is 4.31 Å². The summed E-state index contributed by atoms with van der Waals surface area (Å²) in [7, 11) is 3.06. The molecule has 5 aromatic rings. The van der Waals surface area contributed by atoms with Gasteiger partial charge in [-0.15, -0.1) is 0 Å². The molecular weight excluding hydrogens is 561 g/mol. The normalized spacial score (nSPS) is 11.5. The third-order valence-corrected chi connectivity index (χ3v) is 6.83. The number of nitrogens with one attached hydrogen (secondary N) is 2. The van der Waals surface area contributed by atoms with Crippen LogP contribution in [0.2, 0.25) is 0 Å². The number of benzene rings is 4. The molecule has 0 aliphatic heterocycles. The zero-order chi connectivity index (χ0) is 29.6. The summed E-state index contributed by atoms with van der Waals surface area (Å²) in [4.78, 5) is 22.0. The fourth-order valence-electron chi connectivity index (χ4n) is 4.27. The maximum atomic E-state index is 13.5. The fourth-order valence-corrected chi connectivity index (χ4v) is 4.84. The second-order valence-corrected chi connectivity index (χ2v) is 9.87. The van der Waals surface area contributed by atoms with Crippen molar-refractivity contribution in [2.24, 2.45) is 0 Å². The van der Waals surface area contributed by atoms with Crippen molar-refractivity contribution in [1.82, 2.24) is 9.97 Å². The maximum absolute atomic E-state index is 13.5. The van der Waals surface area contributed by atoms with Gasteiger partial charge in [0.25, 0.3) is 11.3 Å². The maximum Gasteiger partial charge on any atom is 0.268 e. The average molecular weight is 588 g/mol. The number of amides is 1. The van der Waals surface area contributed by atoms with Crippen molar-refractivity contribution in [3.63, 3.8) is 0 Å². The molecule has 0 saturated carbocycles. The first-order chi connectivity index (χ1) is 20.3. The SMILES string of the molecule is COc1cc(Nc2nc3ccccc3nc2N(c2cccc(NC(=O)Cc3cccc(F)c3)c2)S(=O)O)cc(OC)c1. The third-order valence-electron chi connectivity index (χ3n) is 6.13. The highest BCUT2D eigenvalue weighted by molar-refractivity contribution is 7.81. The Bertz CT molecular complexity index is 1760. The summed E-state index contributed by atoms with van der Waals surface area (Å²) >= 11 is -2.60. The Morgan fingerprint density at radius 1 is 0.881 bits per heavy atom. The van der Waals surface area contributed by atoms with E-state index in [4.69, 9.17) is 14.5 Å². The van der Waals surface area contributed by atoms with Gasteiger partial charge in [0.05, 0.1) is 37.4 Å². The second-order valence-electron chi connectivity index (χ2n) is 9.04. The minimum Gasteiger partial charge on any atom is -0.497 e. The van der Waals surface area contributed by atoms with E-state index in [0.29, 0.717) is 39.5 Å². The third kappa shape index (κ3) is 6.62. The summed E-state index contributed by atoms with van der Waals surface area (Å²) < 4.78 is 48.7. The highest BCUT2D eigenvalue weighted by Gasteiger charge is 2.24. The molecule has 3 N–H and O–H groups in total. The molecule has 1 heterocycles. The van der Waals surface area contributed by atoms with Crippen molar-refractivity contribution >= 4 is 56.9 Å². The molecule has 12 heteroatoms. The summed E-state index contributed by atoms with van der Waals surface area (Å²) in [5, 5.41) is 5.93. The Balaban J connectivity index is 1.52. The van der Waals surface area contributed by atoms with Crippen molar-refractivity contribution in [1.29, 1.82) is 0 Å². The van der Waals surface area contributed by atoms with Crippen molar-refractivity contribution in [3.05, 3.63) is 102 Å². The van der Waals surface area contributed by atoms with Crippen LogP contribution in [-0.4, -0.2) is 38.9 Å². The van der Waals surface area contributed by atoms with Crippen LogP contribution in [0.15, 0.2) is 91.0 Å². The topological polar surface area (TPSA) is 126 Å². The molecule has 0 aliphatic carbocycles. The summed E-state index contributed by atoms with van der Waals surface area (Å²) in [6.45, 7) is 0. The van der Waals surface area contributed by atoms with Crippen LogP contribution in [0.5, 0.6) is 11.5 Å². The number of para-hydroxylation sites is 2. The molecule has 0 radical (unpaired) electrons. The molecule has 4 aromatic carbocycles. The van der Waals surface area contributed by atoms with Gasteiger partial charge in [-0.2, -0.15) is 0 Å². The first kappa shape index (κ1) is 28.5. The zero-order valence-corrected chi connectivity index (χ0v) is 23.4. The van der Waals surface area contributed by atoms with Crippen LogP contribution in [-0.2, 0) is 22.5 Å². The number of nitrogens with zero attached hydrogens (tertiary/aromatic N) is 3. The first-order valence-corrected chi connectivity index (χ1v) is 13.7. The predicted molar refractivity (Wildman–Crippen MR) is 160 cm³/mol. The molecule has 10 nitrogen and oxygen atoms in total. The highest BCUT2D eigenvalue weighted by atomic mass is 32.2. The highest BCUT2D eigenvalue weighted by Crippen LogP contribution is 2.36. The van der Waals surface area contributed by atoms with E-state index in [1.807, 2.05) is 6.07 Å². The van der Waals surface area contributed by atoms with Gasteiger partial charge in [-0.1, -0.05) is 30.3 Å². The van der Waals surface area contributed by atoms with Gasteiger partial charge in [0, 0.05) is 29.6 Å². The minimum atomic E-state index is -2.60. The van der Waals surface area contributed by atoms with E-state index in [9.17, 15) is 17.9 Å². The van der Waals surface area contributed by atoms with E-state index < -0.39 is 17.1 Å². The largest absolute Gasteiger partial charge is 0.497 e. The Morgan fingerprint density at radius 2 is 1.57 bits per heavy atom. The van der Waals surface area contributed by atoms with Gasteiger partial charge < -0.3 is 20.1 Å². The molecular formula is C30H26FN5O5S. The number of fused-ring (bicyclic) bond motifs is 1. The lowest BCUT2D eigenvalue weighted by atomic mass is 10.1. The van der Waals surface area contributed by atoms with Gasteiger partial charge in [0.15, 0.2) is 11.6 Å². The molecule has 0 fully saturated rings. The molecule has 1 unspecified atom stereocenters. The van der Waals surface area contributed by atoms with E-state index in [1.165, 1.54) is 38.5 Å². The van der Waals surface area contributed by atoms with Crippen LogP contribution in [0.25, 0.3) is 11.0 Å².